The first kappa shape index (κ1) is 17.9. The van der Waals surface area contributed by atoms with Gasteiger partial charge in [0.05, 0.1) is 6.54 Å². The first-order valence-corrected chi connectivity index (χ1v) is 8.51. The van der Waals surface area contributed by atoms with Crippen LogP contribution in [0.1, 0.15) is 45.3 Å². The van der Waals surface area contributed by atoms with Gasteiger partial charge < -0.3 is 9.47 Å². The quantitative estimate of drug-likeness (QED) is 0.849. The molecule has 130 valence electrons. The summed E-state index contributed by atoms with van der Waals surface area (Å²) in [6.07, 6.45) is 2.27. The van der Waals surface area contributed by atoms with Gasteiger partial charge in [-0.25, -0.2) is 0 Å². The van der Waals surface area contributed by atoms with Crippen molar-refractivity contribution >= 4 is 5.91 Å². The van der Waals surface area contributed by atoms with Crippen molar-refractivity contribution in [2.75, 3.05) is 26.7 Å². The molecule has 0 radical (unpaired) electrons. The van der Waals surface area contributed by atoms with Crippen LogP contribution in [0.2, 0.25) is 0 Å². The highest BCUT2D eigenvalue weighted by Gasteiger charge is 2.28. The molecule has 2 heterocycles. The van der Waals surface area contributed by atoms with Crippen LogP contribution in [0.25, 0.3) is 0 Å². The molecule has 1 aromatic rings. The van der Waals surface area contributed by atoms with E-state index < -0.39 is 0 Å². The number of aromatic nitrogens is 3. The van der Waals surface area contributed by atoms with Crippen LogP contribution in [0, 0.1) is 18.3 Å². The minimum atomic E-state index is -0.293. The molecular weight excluding hydrogens is 290 g/mol. The van der Waals surface area contributed by atoms with Crippen molar-refractivity contribution in [1.82, 2.24) is 24.6 Å². The zero-order valence-electron chi connectivity index (χ0n) is 15.5. The molecule has 1 amide bonds. The van der Waals surface area contributed by atoms with Crippen LogP contribution in [-0.4, -0.2) is 57.2 Å². The molecule has 0 atom stereocenters. The molecule has 0 N–H and O–H groups in total. The lowest BCUT2D eigenvalue weighted by atomic mass is 9.92. The third-order valence-corrected chi connectivity index (χ3v) is 4.78. The minimum absolute atomic E-state index is 0.231. The first-order chi connectivity index (χ1) is 10.7. The van der Waals surface area contributed by atoms with Gasteiger partial charge in [0.2, 0.25) is 5.91 Å². The second-order valence-electron chi connectivity index (χ2n) is 7.88. The van der Waals surface area contributed by atoms with E-state index in [9.17, 15) is 4.79 Å². The van der Waals surface area contributed by atoms with Crippen molar-refractivity contribution in [1.29, 1.82) is 0 Å². The first-order valence-electron chi connectivity index (χ1n) is 8.51. The normalized spacial score (nSPS) is 17.5. The van der Waals surface area contributed by atoms with Gasteiger partial charge in [-0.15, -0.1) is 10.2 Å². The number of carbonyl (C=O) groups is 1. The van der Waals surface area contributed by atoms with Gasteiger partial charge in [0.25, 0.3) is 0 Å². The number of hydrogen-bond acceptors (Lipinski definition) is 4. The molecule has 1 aromatic heterocycles. The van der Waals surface area contributed by atoms with E-state index in [0.717, 1.165) is 50.7 Å². The summed E-state index contributed by atoms with van der Waals surface area (Å²) in [7, 11) is 3.95. The average molecular weight is 321 g/mol. The number of rotatable bonds is 4. The highest BCUT2D eigenvalue weighted by molar-refractivity contribution is 5.81. The Morgan fingerprint density at radius 2 is 1.87 bits per heavy atom. The van der Waals surface area contributed by atoms with Gasteiger partial charge in [-0.2, -0.15) is 0 Å². The summed E-state index contributed by atoms with van der Waals surface area (Å²) < 4.78 is 2.06. The van der Waals surface area contributed by atoms with Gasteiger partial charge in [0.15, 0.2) is 0 Å². The molecule has 6 nitrogen and oxygen atoms in total. The third-order valence-electron chi connectivity index (χ3n) is 4.78. The third kappa shape index (κ3) is 4.53. The Morgan fingerprint density at radius 3 is 2.35 bits per heavy atom. The number of piperidine rings is 1. The van der Waals surface area contributed by atoms with E-state index in [4.69, 9.17) is 0 Å². The van der Waals surface area contributed by atoms with E-state index in [-0.39, 0.29) is 11.3 Å². The number of likely N-dealkylation sites (tertiary alicyclic amines) is 1. The fourth-order valence-electron chi connectivity index (χ4n) is 3.16. The zero-order chi connectivity index (χ0) is 17.2. The summed E-state index contributed by atoms with van der Waals surface area (Å²) in [6.45, 7) is 11.8. The van der Waals surface area contributed by atoms with Crippen LogP contribution in [0.4, 0.5) is 0 Å². The summed E-state index contributed by atoms with van der Waals surface area (Å²) in [5.41, 5.74) is -0.293. The average Bonchev–Trinajstić information content (AvgIpc) is 2.79. The molecule has 1 aliphatic rings. The summed E-state index contributed by atoms with van der Waals surface area (Å²) in [6, 6.07) is 0. The predicted molar refractivity (Wildman–Crippen MR) is 90.8 cm³/mol. The fourth-order valence-corrected chi connectivity index (χ4v) is 3.16. The predicted octanol–water partition coefficient (Wildman–Crippen LogP) is 1.84. The maximum absolute atomic E-state index is 12.3. The Hall–Kier alpha value is -1.43. The second kappa shape index (κ2) is 6.99. The Bertz CT molecular complexity index is 538. The molecule has 0 aromatic carbocycles. The van der Waals surface area contributed by atoms with Gasteiger partial charge in [0.1, 0.15) is 11.6 Å². The highest BCUT2D eigenvalue weighted by atomic mass is 16.2. The van der Waals surface area contributed by atoms with E-state index in [2.05, 4.69) is 19.7 Å². The number of aryl methyl sites for hydroxylation is 1. The lowest BCUT2D eigenvalue weighted by Gasteiger charge is -2.35. The molecule has 1 saturated heterocycles. The Labute approximate surface area is 139 Å². The van der Waals surface area contributed by atoms with Gasteiger partial charge >= 0.3 is 0 Å². The van der Waals surface area contributed by atoms with Crippen LogP contribution in [0.5, 0.6) is 0 Å². The van der Waals surface area contributed by atoms with Gasteiger partial charge in [-0.05, 0) is 38.8 Å². The van der Waals surface area contributed by atoms with Gasteiger partial charge in [-0.1, -0.05) is 20.8 Å². The second-order valence-corrected chi connectivity index (χ2v) is 7.88. The molecule has 1 aliphatic heterocycles. The topological polar surface area (TPSA) is 54.3 Å². The molecule has 0 spiro atoms. The van der Waals surface area contributed by atoms with Crippen LogP contribution < -0.4 is 0 Å². The molecular formula is C17H31N5O. The van der Waals surface area contributed by atoms with Crippen LogP contribution in [-0.2, 0) is 18.4 Å². The fraction of sp³-hybridized carbons (Fsp3) is 0.824. The maximum atomic E-state index is 12.3. The largest absolute Gasteiger partial charge is 0.345 e. The maximum Gasteiger partial charge on any atom is 0.227 e. The number of amides is 1. The molecule has 23 heavy (non-hydrogen) atoms. The van der Waals surface area contributed by atoms with E-state index in [1.165, 1.54) is 0 Å². The van der Waals surface area contributed by atoms with E-state index >= 15 is 0 Å². The van der Waals surface area contributed by atoms with E-state index in [0.29, 0.717) is 5.92 Å². The van der Waals surface area contributed by atoms with Crippen LogP contribution >= 0.6 is 0 Å². The lowest BCUT2D eigenvalue weighted by Crippen LogP contribution is -2.42. The van der Waals surface area contributed by atoms with Gasteiger partial charge in [-0.3, -0.25) is 9.69 Å². The monoisotopic (exact) mass is 321 g/mol. The summed E-state index contributed by atoms with van der Waals surface area (Å²) in [4.78, 5) is 16.6. The number of nitrogens with zero attached hydrogens (tertiary/aromatic N) is 5. The molecule has 0 saturated carbocycles. The smallest absolute Gasteiger partial charge is 0.227 e. The van der Waals surface area contributed by atoms with Crippen molar-refractivity contribution in [2.24, 2.45) is 18.4 Å². The van der Waals surface area contributed by atoms with Gasteiger partial charge in [0, 0.05) is 26.1 Å². The standard InChI is InChI=1S/C17H31N5O/c1-13-18-19-15(21(13)6)12-22-9-7-14(8-10-22)11-20(5)16(23)17(2,3)4/h14H,7-12H2,1-6H3. The Kier molecular flexibility index (Phi) is 5.45. The molecule has 6 heteroatoms. The molecule has 0 unspecified atom stereocenters. The summed E-state index contributed by atoms with van der Waals surface area (Å²) in [5, 5.41) is 8.37. The number of hydrogen-bond donors (Lipinski definition) is 0. The SMILES string of the molecule is Cc1nnc(CN2CCC(CN(C)C(=O)C(C)(C)C)CC2)n1C. The van der Waals surface area contributed by atoms with Crippen molar-refractivity contribution in [3.05, 3.63) is 11.6 Å². The summed E-state index contributed by atoms with van der Waals surface area (Å²) >= 11 is 0. The van der Waals surface area contributed by atoms with Crippen molar-refractivity contribution in [3.63, 3.8) is 0 Å². The zero-order valence-corrected chi connectivity index (χ0v) is 15.5. The Balaban J connectivity index is 1.80. The Morgan fingerprint density at radius 1 is 1.26 bits per heavy atom. The minimum Gasteiger partial charge on any atom is -0.345 e. The van der Waals surface area contributed by atoms with E-state index in [1.54, 1.807) is 0 Å². The van der Waals surface area contributed by atoms with Crippen LogP contribution in [0.3, 0.4) is 0 Å². The van der Waals surface area contributed by atoms with E-state index in [1.807, 2.05) is 46.7 Å². The number of carbonyl (C=O) groups excluding carboxylic acids is 1. The molecule has 2 rings (SSSR count). The highest BCUT2D eigenvalue weighted by Crippen LogP contribution is 2.22. The molecule has 0 bridgehead atoms. The van der Waals surface area contributed by atoms with Crippen molar-refractivity contribution in [3.8, 4) is 0 Å². The molecule has 1 fully saturated rings. The molecule has 0 aliphatic carbocycles. The van der Waals surface area contributed by atoms with Crippen molar-refractivity contribution in [2.45, 2.75) is 47.1 Å². The summed E-state index contributed by atoms with van der Waals surface area (Å²) in [5.74, 6) is 2.82. The van der Waals surface area contributed by atoms with Crippen LogP contribution in [0.15, 0.2) is 0 Å². The lowest BCUT2D eigenvalue weighted by molar-refractivity contribution is -0.138. The van der Waals surface area contributed by atoms with Crippen molar-refractivity contribution < 1.29 is 4.79 Å².